The molecule has 0 unspecified atom stereocenters. The molecule has 0 spiro atoms. The number of carbonyl (C=O) groups excluding carboxylic acids is 2. The Balaban J connectivity index is 1.52. The topological polar surface area (TPSA) is 149 Å². The molecule has 5 aromatic rings. The summed E-state index contributed by atoms with van der Waals surface area (Å²) in [7, 11) is 0. The molecule has 3 aromatic heterocycles. The Morgan fingerprint density at radius 1 is 0.577 bits per heavy atom. The molecule has 2 amide bonds. The highest BCUT2D eigenvalue weighted by atomic mass is 16.2. The van der Waals surface area contributed by atoms with Gasteiger partial charge >= 0.3 is 0 Å². The fourth-order valence-corrected chi connectivity index (χ4v) is 6.58. The van der Waals surface area contributed by atoms with Crippen molar-refractivity contribution in [2.45, 2.75) is 81.3 Å². The molecule has 0 aliphatic rings. The summed E-state index contributed by atoms with van der Waals surface area (Å²) in [6.45, 7) is 17.0. The molecule has 0 saturated carbocycles. The zero-order valence-corrected chi connectivity index (χ0v) is 31.6. The van der Waals surface area contributed by atoms with Crippen molar-refractivity contribution in [2.75, 3.05) is 10.6 Å². The van der Waals surface area contributed by atoms with Crippen LogP contribution in [0.3, 0.4) is 0 Å². The number of nitrogens with zero attached hydrogens (tertiary/aromatic N) is 3. The molecule has 0 aliphatic heterocycles. The van der Waals surface area contributed by atoms with Crippen LogP contribution < -0.4 is 22.1 Å². The first kappa shape index (κ1) is 38.0. The first-order chi connectivity index (χ1) is 24.8. The highest BCUT2D eigenvalue weighted by Gasteiger charge is 2.24. The van der Waals surface area contributed by atoms with E-state index in [1.165, 1.54) is 0 Å². The van der Waals surface area contributed by atoms with Gasteiger partial charge < -0.3 is 22.1 Å². The van der Waals surface area contributed by atoms with Crippen LogP contribution in [0.5, 0.6) is 0 Å². The van der Waals surface area contributed by atoms with E-state index in [1.807, 2.05) is 76.2 Å². The number of aromatic nitrogens is 3. The molecule has 9 nitrogen and oxygen atoms in total. The molecule has 6 N–H and O–H groups in total. The Hall–Kier alpha value is -5.25. The van der Waals surface area contributed by atoms with E-state index in [0.717, 1.165) is 68.7 Å². The Labute approximate surface area is 307 Å². The Bertz CT molecular complexity index is 1940. The third-order valence-electron chi connectivity index (χ3n) is 9.11. The molecule has 52 heavy (non-hydrogen) atoms. The number of aryl methyl sites for hydroxylation is 4. The molecule has 9 heteroatoms. The third-order valence-corrected chi connectivity index (χ3v) is 9.11. The molecule has 0 radical (unpaired) electrons. The van der Waals surface area contributed by atoms with Crippen LogP contribution in [0, 0.1) is 39.5 Å². The largest absolute Gasteiger partial charge is 0.326 e. The number of rotatable bonds is 12. The zero-order valence-electron chi connectivity index (χ0n) is 31.6. The maximum absolute atomic E-state index is 13.9. The number of amides is 2. The van der Waals surface area contributed by atoms with Crippen molar-refractivity contribution < 1.29 is 9.59 Å². The number of carbonyl (C=O) groups is 2. The van der Waals surface area contributed by atoms with Gasteiger partial charge in [-0.3, -0.25) is 19.6 Å². The molecule has 3 heterocycles. The molecular formula is C43H51N7O2. The first-order valence-corrected chi connectivity index (χ1v) is 18.0. The highest BCUT2D eigenvalue weighted by Crippen LogP contribution is 2.38. The standard InChI is InChI=1S/C43H51N7O2/c1-24(2)20-36-32(22-44)38(30-16-12-26(5)13-17-30)40(28(7)46-36)49-42(51)34-10-9-11-35(48-34)43(52)50-41-29(8)47-37(21-25(3)4)33(23-45)39(41)31-18-14-27(6)15-19-31/h9-19,24-25H,20-23,44-45H2,1-8H3,(H,49,51)(H,50,52). The van der Waals surface area contributed by atoms with Crippen molar-refractivity contribution in [3.05, 3.63) is 123 Å². The van der Waals surface area contributed by atoms with Crippen molar-refractivity contribution in [1.29, 1.82) is 0 Å². The summed E-state index contributed by atoms with van der Waals surface area (Å²) in [5, 5.41) is 6.17. The molecule has 0 bridgehead atoms. The van der Waals surface area contributed by atoms with E-state index >= 15 is 0 Å². The predicted octanol–water partition coefficient (Wildman–Crippen LogP) is 8.26. The Kier molecular flexibility index (Phi) is 12.0. The maximum Gasteiger partial charge on any atom is 0.274 e. The number of hydrogen-bond acceptors (Lipinski definition) is 7. The molecule has 2 aromatic carbocycles. The van der Waals surface area contributed by atoms with Crippen molar-refractivity contribution in [2.24, 2.45) is 23.3 Å². The quantitative estimate of drug-likeness (QED) is 0.103. The van der Waals surface area contributed by atoms with Crippen molar-refractivity contribution in [1.82, 2.24) is 15.0 Å². The van der Waals surface area contributed by atoms with E-state index < -0.39 is 11.8 Å². The number of anilines is 2. The minimum atomic E-state index is -0.464. The van der Waals surface area contributed by atoms with Crippen LogP contribution in [0.4, 0.5) is 11.4 Å². The van der Waals surface area contributed by atoms with E-state index in [0.29, 0.717) is 34.6 Å². The number of pyridine rings is 3. The van der Waals surface area contributed by atoms with E-state index in [-0.39, 0.29) is 24.5 Å². The second kappa shape index (κ2) is 16.4. The fraction of sp³-hybridized carbons (Fsp3) is 0.326. The number of nitrogens with two attached hydrogens (primary N) is 2. The minimum Gasteiger partial charge on any atom is -0.326 e. The molecule has 5 rings (SSSR count). The molecule has 0 saturated heterocycles. The summed E-state index contributed by atoms with van der Waals surface area (Å²) >= 11 is 0. The summed E-state index contributed by atoms with van der Waals surface area (Å²) in [4.78, 5) is 42.2. The van der Waals surface area contributed by atoms with Gasteiger partial charge in [0, 0.05) is 35.6 Å². The first-order valence-electron chi connectivity index (χ1n) is 18.0. The predicted molar refractivity (Wildman–Crippen MR) is 211 cm³/mol. The monoisotopic (exact) mass is 697 g/mol. The van der Waals surface area contributed by atoms with Gasteiger partial charge in [0.1, 0.15) is 11.4 Å². The summed E-state index contributed by atoms with van der Waals surface area (Å²) in [6, 6.07) is 21.1. The maximum atomic E-state index is 13.9. The fourth-order valence-electron chi connectivity index (χ4n) is 6.58. The molecule has 270 valence electrons. The van der Waals surface area contributed by atoms with Crippen LogP contribution in [-0.4, -0.2) is 26.8 Å². The summed E-state index contributed by atoms with van der Waals surface area (Å²) in [6.07, 6.45) is 1.51. The van der Waals surface area contributed by atoms with Crippen LogP contribution in [0.1, 0.15) is 93.7 Å². The average Bonchev–Trinajstić information content (AvgIpc) is 3.10. The zero-order chi connectivity index (χ0) is 37.7. The van der Waals surface area contributed by atoms with Crippen LogP contribution in [0.2, 0.25) is 0 Å². The lowest BCUT2D eigenvalue weighted by Crippen LogP contribution is -2.21. The second-order valence-electron chi connectivity index (χ2n) is 14.4. The normalized spacial score (nSPS) is 11.3. The SMILES string of the molecule is Cc1ccc(-c2c(CN)c(CC(C)C)nc(C)c2NC(=O)c2cccc(C(=O)Nc3c(C)nc(CC(C)C)c(CN)c3-c3ccc(C)cc3)n2)cc1. The van der Waals surface area contributed by atoms with Crippen molar-refractivity contribution in [3.8, 4) is 22.3 Å². The van der Waals surface area contributed by atoms with E-state index in [2.05, 4.69) is 43.3 Å². The Morgan fingerprint density at radius 2 is 0.942 bits per heavy atom. The number of nitrogens with one attached hydrogen (secondary N) is 2. The van der Waals surface area contributed by atoms with Crippen LogP contribution in [0.25, 0.3) is 22.3 Å². The van der Waals surface area contributed by atoms with E-state index in [9.17, 15) is 9.59 Å². The van der Waals surface area contributed by atoms with Crippen LogP contribution in [0.15, 0.2) is 66.7 Å². The Morgan fingerprint density at radius 3 is 1.27 bits per heavy atom. The lowest BCUT2D eigenvalue weighted by atomic mass is 9.92. The number of benzene rings is 2. The second-order valence-corrected chi connectivity index (χ2v) is 14.4. The molecule has 0 aliphatic carbocycles. The third kappa shape index (κ3) is 8.44. The van der Waals surface area contributed by atoms with Crippen molar-refractivity contribution in [3.63, 3.8) is 0 Å². The summed E-state index contributed by atoms with van der Waals surface area (Å²) < 4.78 is 0. The molecular weight excluding hydrogens is 647 g/mol. The average molecular weight is 698 g/mol. The van der Waals surface area contributed by atoms with Gasteiger partial charge in [0.05, 0.1) is 22.8 Å². The highest BCUT2D eigenvalue weighted by molar-refractivity contribution is 6.09. The van der Waals surface area contributed by atoms with Gasteiger partial charge in [-0.15, -0.1) is 0 Å². The van der Waals surface area contributed by atoms with Crippen LogP contribution in [-0.2, 0) is 25.9 Å². The smallest absolute Gasteiger partial charge is 0.274 e. The minimum absolute atomic E-state index is 0.0889. The van der Waals surface area contributed by atoms with Gasteiger partial charge in [0.2, 0.25) is 0 Å². The van der Waals surface area contributed by atoms with Gasteiger partial charge in [0.25, 0.3) is 11.8 Å². The van der Waals surface area contributed by atoms with Gasteiger partial charge in [-0.2, -0.15) is 0 Å². The number of hydrogen-bond donors (Lipinski definition) is 4. The van der Waals surface area contributed by atoms with Gasteiger partial charge in [-0.25, -0.2) is 4.98 Å². The van der Waals surface area contributed by atoms with E-state index in [1.54, 1.807) is 18.2 Å². The lowest BCUT2D eigenvalue weighted by molar-refractivity contribution is 0.101. The van der Waals surface area contributed by atoms with Gasteiger partial charge in [-0.1, -0.05) is 93.4 Å². The lowest BCUT2D eigenvalue weighted by Gasteiger charge is -2.22. The summed E-state index contributed by atoms with van der Waals surface area (Å²) in [5.41, 5.74) is 24.8. The van der Waals surface area contributed by atoms with Crippen molar-refractivity contribution >= 4 is 23.2 Å². The summed E-state index contributed by atoms with van der Waals surface area (Å²) in [5.74, 6) is -0.189. The van der Waals surface area contributed by atoms with E-state index in [4.69, 9.17) is 21.4 Å². The van der Waals surface area contributed by atoms with Gasteiger partial charge in [0.15, 0.2) is 0 Å². The van der Waals surface area contributed by atoms with Crippen LogP contribution >= 0.6 is 0 Å². The molecule has 0 atom stereocenters. The molecule has 0 fully saturated rings. The van der Waals surface area contributed by atoms with Gasteiger partial charge in [-0.05, 0) is 86.8 Å².